The molecule has 0 unspecified atom stereocenters. The lowest BCUT2D eigenvalue weighted by atomic mass is 9.93. The number of rotatable bonds is 7. The fourth-order valence-corrected chi connectivity index (χ4v) is 7.42. The Morgan fingerprint density at radius 3 is 2.75 bits per heavy atom. The van der Waals surface area contributed by atoms with Crippen molar-refractivity contribution in [3.63, 3.8) is 0 Å². The van der Waals surface area contributed by atoms with E-state index in [1.54, 1.807) is 18.2 Å². The van der Waals surface area contributed by atoms with Gasteiger partial charge in [0, 0.05) is 32.9 Å². The van der Waals surface area contributed by atoms with E-state index in [-0.39, 0.29) is 17.4 Å². The maximum absolute atomic E-state index is 12.9. The summed E-state index contributed by atoms with van der Waals surface area (Å²) in [5.74, 6) is -1.69. The van der Waals surface area contributed by atoms with Gasteiger partial charge in [0.1, 0.15) is 11.4 Å². The number of carboxylic acid groups (broad SMARTS) is 1. The van der Waals surface area contributed by atoms with Crippen LogP contribution < -0.4 is 15.0 Å². The minimum absolute atomic E-state index is 0.0463. The van der Waals surface area contributed by atoms with Gasteiger partial charge >= 0.3 is 0 Å². The van der Waals surface area contributed by atoms with Gasteiger partial charge in [-0.2, -0.15) is 0 Å². The van der Waals surface area contributed by atoms with Crippen molar-refractivity contribution in [2.75, 3.05) is 11.5 Å². The molecule has 2 aromatic rings. The molecule has 1 N–H and O–H groups in total. The van der Waals surface area contributed by atoms with Crippen LogP contribution in [0.3, 0.4) is 0 Å². The zero-order valence-electron chi connectivity index (χ0n) is 19.2. The Morgan fingerprint density at radius 1 is 1.19 bits per heavy atom. The van der Waals surface area contributed by atoms with Crippen LogP contribution in [0.4, 0.5) is 0 Å². The van der Waals surface area contributed by atoms with Gasteiger partial charge in [0.05, 0.1) is 22.4 Å². The summed E-state index contributed by atoms with van der Waals surface area (Å²) in [5.41, 5.74) is 3.18. The van der Waals surface area contributed by atoms with Crippen LogP contribution in [0.25, 0.3) is 0 Å². The lowest BCUT2D eigenvalue weighted by Crippen LogP contribution is -2.71. The predicted octanol–water partition coefficient (Wildman–Crippen LogP) is 2.36. The summed E-state index contributed by atoms with van der Waals surface area (Å²) in [6, 6.07) is 6.31. The van der Waals surface area contributed by atoms with E-state index in [1.165, 1.54) is 46.0 Å². The van der Waals surface area contributed by atoms with Crippen LogP contribution in [0.2, 0.25) is 10.0 Å². The summed E-state index contributed by atoms with van der Waals surface area (Å²) in [7, 11) is 0. The molecule has 3 heterocycles. The average molecular weight is 565 g/mol. The molecule has 1 aromatic heterocycles. The maximum atomic E-state index is 12.9. The van der Waals surface area contributed by atoms with Crippen molar-refractivity contribution in [1.29, 1.82) is 0 Å². The molecular weight excluding hydrogens is 541 g/mol. The molecule has 0 bridgehead atoms. The van der Waals surface area contributed by atoms with Gasteiger partial charge in [-0.25, -0.2) is 4.57 Å². The Kier molecular flexibility index (Phi) is 7.53. The number of nitrogens with zero attached hydrogens (tertiary/aromatic N) is 2. The van der Waals surface area contributed by atoms with Crippen LogP contribution >= 0.6 is 46.7 Å². The number of aromatic nitrogens is 1. The number of aliphatic carboxylic acids is 1. The topological polar surface area (TPSA) is 93.4 Å². The maximum Gasteiger partial charge on any atom is 0.253 e. The highest BCUT2D eigenvalue weighted by Crippen LogP contribution is 2.40. The minimum atomic E-state index is -1.38. The molecule has 3 aliphatic rings. The average Bonchev–Trinajstić information content (AvgIpc) is 2.87. The van der Waals surface area contributed by atoms with Crippen molar-refractivity contribution in [3.05, 3.63) is 69.1 Å². The Bertz CT molecular complexity index is 1290. The number of thioether (sulfide) groups is 2. The lowest BCUT2D eigenvalue weighted by Gasteiger charge is -2.50. The van der Waals surface area contributed by atoms with Crippen LogP contribution in [0.15, 0.2) is 52.8 Å². The van der Waals surface area contributed by atoms with Crippen LogP contribution in [0, 0.1) is 0 Å². The second-order valence-corrected chi connectivity index (χ2v) is 11.9. The van der Waals surface area contributed by atoms with Gasteiger partial charge in [-0.1, -0.05) is 23.2 Å². The molecule has 188 valence electrons. The molecule has 1 aliphatic carbocycles. The number of benzene rings is 1. The molecular formula is C25H23Cl2N3O4S2. The molecule has 0 radical (unpaired) electrons. The highest BCUT2D eigenvalue weighted by molar-refractivity contribution is 8.00. The quantitative estimate of drug-likeness (QED) is 0.316. The number of hydrogen-bond acceptors (Lipinski definition) is 6. The Hall–Kier alpha value is -2.20. The van der Waals surface area contributed by atoms with Gasteiger partial charge in [0.15, 0.2) is 18.9 Å². The number of halogens is 2. The van der Waals surface area contributed by atoms with E-state index in [0.29, 0.717) is 32.8 Å². The first kappa shape index (κ1) is 25.4. The Morgan fingerprint density at radius 2 is 1.97 bits per heavy atom. The molecule has 2 aliphatic heterocycles. The molecule has 1 saturated heterocycles. The minimum Gasteiger partial charge on any atom is -0.543 e. The Labute approximate surface area is 227 Å². The highest BCUT2D eigenvalue weighted by Gasteiger charge is 2.53. The molecule has 11 heteroatoms. The van der Waals surface area contributed by atoms with Crippen LogP contribution in [0.1, 0.15) is 24.0 Å². The molecule has 1 fully saturated rings. The van der Waals surface area contributed by atoms with Crippen LogP contribution in [-0.4, -0.2) is 45.6 Å². The van der Waals surface area contributed by atoms with E-state index in [9.17, 15) is 19.5 Å². The predicted molar refractivity (Wildman–Crippen MR) is 138 cm³/mol. The van der Waals surface area contributed by atoms with Crippen molar-refractivity contribution in [2.45, 2.75) is 48.5 Å². The summed E-state index contributed by atoms with van der Waals surface area (Å²) in [6.45, 7) is 0.369. The molecule has 2 amide bonds. The van der Waals surface area contributed by atoms with Crippen LogP contribution in [0.5, 0.6) is 0 Å². The molecule has 0 saturated carbocycles. The first-order valence-electron chi connectivity index (χ1n) is 11.6. The number of pyridine rings is 1. The summed E-state index contributed by atoms with van der Waals surface area (Å²) in [6.07, 6.45) is 8.48. The van der Waals surface area contributed by atoms with Crippen molar-refractivity contribution < 1.29 is 24.1 Å². The normalized spacial score (nSPS) is 20.9. The van der Waals surface area contributed by atoms with Crippen molar-refractivity contribution in [1.82, 2.24) is 10.2 Å². The number of amides is 2. The Balaban J connectivity index is 1.26. The fraction of sp³-hybridized carbons (Fsp3) is 0.360. The van der Waals surface area contributed by atoms with Crippen molar-refractivity contribution in [3.8, 4) is 0 Å². The summed E-state index contributed by atoms with van der Waals surface area (Å²) < 4.78 is 1.98. The van der Waals surface area contributed by atoms with Gasteiger partial charge in [0.2, 0.25) is 5.91 Å². The van der Waals surface area contributed by atoms with E-state index < -0.39 is 23.3 Å². The zero-order valence-corrected chi connectivity index (χ0v) is 22.3. The number of hydrogen-bond donors (Lipinski definition) is 1. The number of carbonyl (C=O) groups is 3. The SMILES string of the molecule is O=C(CSc1cc(Cl)ccc1Cl)N[C@@H]1C(=O)N2C(C(=O)[O-])=C(C[n+]3ccc4c(c3)CCCC4)CS[C@H]12. The van der Waals surface area contributed by atoms with E-state index in [1.807, 2.05) is 10.8 Å². The lowest BCUT2D eigenvalue weighted by molar-refractivity contribution is -0.689. The van der Waals surface area contributed by atoms with Gasteiger partial charge < -0.3 is 15.2 Å². The third-order valence-corrected chi connectivity index (χ3v) is 9.60. The number of carboxylic acids is 1. The smallest absolute Gasteiger partial charge is 0.253 e. The van der Waals surface area contributed by atoms with E-state index in [4.69, 9.17) is 23.2 Å². The van der Waals surface area contributed by atoms with Crippen LogP contribution in [-0.2, 0) is 33.8 Å². The van der Waals surface area contributed by atoms with E-state index in [0.717, 1.165) is 19.3 Å². The molecule has 1 aromatic carbocycles. The molecule has 7 nitrogen and oxygen atoms in total. The first-order valence-corrected chi connectivity index (χ1v) is 14.4. The fourth-order valence-electron chi connectivity index (χ4n) is 4.78. The summed E-state index contributed by atoms with van der Waals surface area (Å²) >= 11 is 14.8. The number of fused-ring (bicyclic) bond motifs is 2. The van der Waals surface area contributed by atoms with Crippen molar-refractivity contribution >= 4 is 64.5 Å². The number of nitrogens with one attached hydrogen (secondary N) is 1. The van der Waals surface area contributed by atoms with E-state index >= 15 is 0 Å². The van der Waals surface area contributed by atoms with Gasteiger partial charge in [0.25, 0.3) is 5.91 Å². The zero-order chi connectivity index (χ0) is 25.4. The van der Waals surface area contributed by atoms with E-state index in [2.05, 4.69) is 17.6 Å². The highest BCUT2D eigenvalue weighted by atomic mass is 35.5. The van der Waals surface area contributed by atoms with Gasteiger partial charge in [-0.3, -0.25) is 14.5 Å². The molecule has 2 atom stereocenters. The number of β-lactam (4-membered cyclic amide) rings is 1. The third-order valence-electron chi connectivity index (χ3n) is 6.53. The molecule has 5 rings (SSSR count). The third kappa shape index (κ3) is 5.11. The molecule has 36 heavy (non-hydrogen) atoms. The monoisotopic (exact) mass is 563 g/mol. The number of aryl methyl sites for hydroxylation is 2. The standard InChI is InChI=1S/C25H23Cl2N3O4S2/c26-17-5-6-18(27)19(9-17)35-13-20(31)28-21-23(32)30-22(25(33)34)16(12-36-24(21)30)11-29-8-7-14-3-1-2-4-15(14)10-29/h5-10,21,24H,1-4,11-13H2,(H-,28,31,33,34)/t21-,24-/m1/s1. The number of carbonyl (C=O) groups excluding carboxylic acids is 3. The molecule has 0 spiro atoms. The largest absolute Gasteiger partial charge is 0.543 e. The second kappa shape index (κ2) is 10.7. The summed E-state index contributed by atoms with van der Waals surface area (Å²) in [4.78, 5) is 39.5. The second-order valence-electron chi connectivity index (χ2n) is 8.93. The van der Waals surface area contributed by atoms with Gasteiger partial charge in [-0.15, -0.1) is 23.5 Å². The summed E-state index contributed by atoms with van der Waals surface area (Å²) in [5, 5.41) is 15.3. The van der Waals surface area contributed by atoms with Gasteiger partial charge in [-0.05, 0) is 49.4 Å². The first-order chi connectivity index (χ1) is 17.3. The van der Waals surface area contributed by atoms with Crippen molar-refractivity contribution in [2.24, 2.45) is 0 Å².